The van der Waals surface area contributed by atoms with Crippen molar-refractivity contribution >= 4 is 5.97 Å². The minimum Gasteiger partial charge on any atom is -0.481 e. The lowest BCUT2D eigenvalue weighted by Crippen LogP contribution is -2.36. The van der Waals surface area contributed by atoms with Crippen molar-refractivity contribution in [3.8, 4) is 0 Å². The molecule has 0 radical (unpaired) electrons. The molecule has 0 fully saturated rings. The number of aliphatic hydroxyl groups excluding tert-OH is 1. The van der Waals surface area contributed by atoms with E-state index in [0.717, 1.165) is 0 Å². The molecule has 0 aliphatic rings. The molecule has 0 spiro atoms. The topological polar surface area (TPSA) is 57.5 Å². The number of aliphatic hydroxyl groups is 1. The summed E-state index contributed by atoms with van der Waals surface area (Å²) in [6.07, 6.45) is -0.792. The van der Waals surface area contributed by atoms with Gasteiger partial charge in [-0.05, 0) is 12.3 Å². The molecule has 0 amide bonds. The van der Waals surface area contributed by atoms with Crippen molar-refractivity contribution in [3.63, 3.8) is 0 Å². The van der Waals surface area contributed by atoms with Gasteiger partial charge in [0.05, 0.1) is 12.0 Å². The van der Waals surface area contributed by atoms with Crippen LogP contribution in [0.3, 0.4) is 0 Å². The third-order valence-electron chi connectivity index (χ3n) is 1.75. The predicted octanol–water partition coefficient (Wildman–Crippen LogP) is 1.11. The van der Waals surface area contributed by atoms with Gasteiger partial charge in [-0.25, -0.2) is 0 Å². The van der Waals surface area contributed by atoms with Crippen LogP contribution in [-0.2, 0) is 4.79 Å². The van der Waals surface area contributed by atoms with E-state index in [2.05, 4.69) is 0 Å². The van der Waals surface area contributed by atoms with Gasteiger partial charge in [0.15, 0.2) is 0 Å². The number of rotatable bonds is 2. The Kier molecular flexibility index (Phi) is 3.05. The Morgan fingerprint density at radius 2 is 1.73 bits per heavy atom. The molecule has 0 bridgehead atoms. The molecule has 0 saturated carbocycles. The molecule has 3 nitrogen and oxygen atoms in total. The van der Waals surface area contributed by atoms with E-state index in [4.69, 9.17) is 5.11 Å². The monoisotopic (exact) mass is 160 g/mol. The standard InChI is InChI=1S/C8H16O3/c1-5(7(10)11)6(9)8(2,3)4/h5-6,9H,1-4H3,(H,10,11)/t5-,6+/m0/s1. The lowest BCUT2D eigenvalue weighted by Gasteiger charge is -2.28. The van der Waals surface area contributed by atoms with Gasteiger partial charge in [-0.15, -0.1) is 0 Å². The maximum absolute atomic E-state index is 10.4. The molecule has 0 aliphatic heterocycles. The van der Waals surface area contributed by atoms with E-state index in [9.17, 15) is 9.90 Å². The summed E-state index contributed by atoms with van der Waals surface area (Å²) < 4.78 is 0. The van der Waals surface area contributed by atoms with Gasteiger partial charge in [0, 0.05) is 0 Å². The van der Waals surface area contributed by atoms with Crippen LogP contribution in [0.25, 0.3) is 0 Å². The number of hydrogen-bond donors (Lipinski definition) is 2. The van der Waals surface area contributed by atoms with E-state index in [1.165, 1.54) is 6.92 Å². The molecule has 2 atom stereocenters. The van der Waals surface area contributed by atoms with E-state index in [-0.39, 0.29) is 5.41 Å². The number of carboxylic acids is 1. The van der Waals surface area contributed by atoms with Gasteiger partial charge in [-0.1, -0.05) is 20.8 Å². The molecular formula is C8H16O3. The van der Waals surface area contributed by atoms with Gasteiger partial charge in [0.1, 0.15) is 0 Å². The smallest absolute Gasteiger partial charge is 0.308 e. The average Bonchev–Trinajstić information content (AvgIpc) is 1.82. The van der Waals surface area contributed by atoms with Gasteiger partial charge >= 0.3 is 5.97 Å². The highest BCUT2D eigenvalue weighted by Crippen LogP contribution is 2.24. The second-order valence-corrected chi connectivity index (χ2v) is 3.94. The number of aliphatic carboxylic acids is 1. The van der Waals surface area contributed by atoms with Crippen LogP contribution in [0.4, 0.5) is 0 Å². The van der Waals surface area contributed by atoms with Crippen molar-refractivity contribution < 1.29 is 15.0 Å². The average molecular weight is 160 g/mol. The largest absolute Gasteiger partial charge is 0.481 e. The fraction of sp³-hybridized carbons (Fsp3) is 0.875. The first-order valence-electron chi connectivity index (χ1n) is 3.67. The van der Waals surface area contributed by atoms with E-state index in [0.29, 0.717) is 0 Å². The molecule has 0 aromatic heterocycles. The first-order chi connectivity index (χ1) is 4.76. The number of hydrogen-bond acceptors (Lipinski definition) is 2. The van der Waals surface area contributed by atoms with Gasteiger partial charge < -0.3 is 10.2 Å². The fourth-order valence-corrected chi connectivity index (χ4v) is 0.885. The number of carboxylic acid groups (broad SMARTS) is 1. The molecule has 0 aromatic rings. The van der Waals surface area contributed by atoms with Crippen LogP contribution in [0.2, 0.25) is 0 Å². The molecule has 11 heavy (non-hydrogen) atoms. The van der Waals surface area contributed by atoms with E-state index < -0.39 is 18.0 Å². The molecule has 0 rings (SSSR count). The quantitative estimate of drug-likeness (QED) is 0.636. The Balaban J connectivity index is 4.25. The zero-order chi connectivity index (χ0) is 9.23. The van der Waals surface area contributed by atoms with E-state index in [1.807, 2.05) is 20.8 Å². The first kappa shape index (κ1) is 10.4. The Labute approximate surface area is 67.0 Å². The summed E-state index contributed by atoms with van der Waals surface area (Å²) in [6, 6.07) is 0. The van der Waals surface area contributed by atoms with Crippen LogP contribution in [0, 0.1) is 11.3 Å². The minimum atomic E-state index is -0.951. The molecule has 0 aliphatic carbocycles. The Bertz CT molecular complexity index is 146. The van der Waals surface area contributed by atoms with Crippen molar-refractivity contribution in [2.75, 3.05) is 0 Å². The van der Waals surface area contributed by atoms with Crippen LogP contribution >= 0.6 is 0 Å². The molecule has 66 valence electrons. The van der Waals surface area contributed by atoms with Crippen molar-refractivity contribution in [1.82, 2.24) is 0 Å². The third kappa shape index (κ3) is 2.89. The van der Waals surface area contributed by atoms with Crippen molar-refractivity contribution in [1.29, 1.82) is 0 Å². The summed E-state index contributed by atoms with van der Waals surface area (Å²) in [6.45, 7) is 6.96. The number of carbonyl (C=O) groups is 1. The highest BCUT2D eigenvalue weighted by atomic mass is 16.4. The molecular weight excluding hydrogens is 144 g/mol. The van der Waals surface area contributed by atoms with E-state index in [1.54, 1.807) is 0 Å². The van der Waals surface area contributed by atoms with Crippen LogP contribution < -0.4 is 0 Å². The summed E-state index contributed by atoms with van der Waals surface area (Å²) in [5.41, 5.74) is -0.363. The lowest BCUT2D eigenvalue weighted by molar-refractivity contribution is -0.147. The summed E-state index contributed by atoms with van der Waals surface area (Å²) in [4.78, 5) is 10.4. The van der Waals surface area contributed by atoms with E-state index >= 15 is 0 Å². The molecule has 0 heterocycles. The predicted molar refractivity (Wildman–Crippen MR) is 42.3 cm³/mol. The SMILES string of the molecule is C[C@H](C(=O)O)[C@@H](O)C(C)(C)C. The van der Waals surface area contributed by atoms with Gasteiger partial charge in [0.2, 0.25) is 0 Å². The lowest BCUT2D eigenvalue weighted by atomic mass is 9.82. The summed E-state index contributed by atoms with van der Waals surface area (Å²) in [5, 5.41) is 18.0. The highest BCUT2D eigenvalue weighted by Gasteiger charge is 2.31. The molecule has 2 N–H and O–H groups in total. The minimum absolute atomic E-state index is 0.363. The Hall–Kier alpha value is -0.570. The normalized spacial score (nSPS) is 17.5. The molecule has 0 saturated heterocycles. The summed E-state index contributed by atoms with van der Waals surface area (Å²) in [5.74, 6) is -1.65. The van der Waals surface area contributed by atoms with Crippen LogP contribution in [0.1, 0.15) is 27.7 Å². The van der Waals surface area contributed by atoms with Crippen LogP contribution in [0.5, 0.6) is 0 Å². The Morgan fingerprint density at radius 3 is 1.82 bits per heavy atom. The maximum Gasteiger partial charge on any atom is 0.308 e. The second kappa shape index (κ2) is 3.22. The zero-order valence-electron chi connectivity index (χ0n) is 7.46. The molecule has 0 unspecified atom stereocenters. The van der Waals surface area contributed by atoms with Gasteiger partial charge in [-0.3, -0.25) is 4.79 Å². The Morgan fingerprint density at radius 1 is 1.36 bits per heavy atom. The first-order valence-corrected chi connectivity index (χ1v) is 3.67. The molecule has 3 heteroatoms. The fourth-order valence-electron chi connectivity index (χ4n) is 0.885. The van der Waals surface area contributed by atoms with Crippen LogP contribution in [-0.4, -0.2) is 22.3 Å². The maximum atomic E-state index is 10.4. The highest BCUT2D eigenvalue weighted by molar-refractivity contribution is 5.70. The van der Waals surface area contributed by atoms with Gasteiger partial charge in [0.25, 0.3) is 0 Å². The third-order valence-corrected chi connectivity index (χ3v) is 1.75. The van der Waals surface area contributed by atoms with Crippen LogP contribution in [0.15, 0.2) is 0 Å². The molecule has 0 aromatic carbocycles. The summed E-state index contributed by atoms with van der Waals surface area (Å²) in [7, 11) is 0. The summed E-state index contributed by atoms with van der Waals surface area (Å²) >= 11 is 0. The van der Waals surface area contributed by atoms with Gasteiger partial charge in [-0.2, -0.15) is 0 Å². The second-order valence-electron chi connectivity index (χ2n) is 3.94. The van der Waals surface area contributed by atoms with Crippen molar-refractivity contribution in [2.24, 2.45) is 11.3 Å². The zero-order valence-corrected chi connectivity index (χ0v) is 7.46. The van der Waals surface area contributed by atoms with Crippen molar-refractivity contribution in [3.05, 3.63) is 0 Å². The van der Waals surface area contributed by atoms with Crippen molar-refractivity contribution in [2.45, 2.75) is 33.8 Å².